The van der Waals surface area contributed by atoms with Crippen LogP contribution in [-0.4, -0.2) is 96.7 Å². The molecule has 0 aromatic rings. The Bertz CT molecular complexity index is 2730. The normalized spacial score (nSPS) is 14.8. The van der Waals surface area contributed by atoms with Gasteiger partial charge in [-0.1, -0.05) is 268 Å². The summed E-state index contributed by atoms with van der Waals surface area (Å²) in [6.45, 7) is 4.34. The van der Waals surface area contributed by atoms with Gasteiger partial charge in [-0.3, -0.25) is 37.3 Å². The summed E-state index contributed by atoms with van der Waals surface area (Å²) in [7, 11) is -10.0. The minimum absolute atomic E-state index is 0.0401. The third-order valence-electron chi connectivity index (χ3n) is 15.8. The number of carbonyl (C=O) groups is 4. The Kier molecular flexibility index (Phi) is 73.1. The second kappa shape index (κ2) is 77.3. The quantitative estimate of drug-likeness (QED) is 0.0169. The number of unbranched alkanes of at least 4 members (excludes halogenated alkanes) is 17. The molecule has 0 aliphatic carbocycles. The average Bonchev–Trinajstić information content (AvgIpc) is 0.903. The van der Waals surface area contributed by atoms with Crippen molar-refractivity contribution < 1.29 is 80.2 Å². The first-order chi connectivity index (χ1) is 51.7. The van der Waals surface area contributed by atoms with Crippen LogP contribution >= 0.6 is 15.6 Å². The number of ether oxygens (including phenoxy) is 4. The predicted molar refractivity (Wildman–Crippen MR) is 436 cm³/mol. The van der Waals surface area contributed by atoms with E-state index in [0.717, 1.165) is 205 Å². The Morgan fingerprint density at radius 2 is 0.491 bits per heavy atom. The van der Waals surface area contributed by atoms with Crippen molar-refractivity contribution in [3.63, 3.8) is 0 Å². The molecule has 0 saturated heterocycles. The van der Waals surface area contributed by atoms with Gasteiger partial charge < -0.3 is 33.8 Å². The van der Waals surface area contributed by atoms with Gasteiger partial charge in [0.2, 0.25) is 0 Å². The number of allylic oxidation sites excluding steroid dienone is 30. The van der Waals surface area contributed by atoms with Crippen molar-refractivity contribution in [2.75, 3.05) is 39.6 Å². The maximum Gasteiger partial charge on any atom is 0.472 e. The lowest BCUT2D eigenvalue weighted by molar-refractivity contribution is -0.161. The van der Waals surface area contributed by atoms with Crippen LogP contribution < -0.4 is 0 Å². The highest BCUT2D eigenvalue weighted by atomic mass is 31.2. The maximum atomic E-state index is 13.1. The number of hydrogen-bond acceptors (Lipinski definition) is 15. The van der Waals surface area contributed by atoms with E-state index in [-0.39, 0.29) is 25.7 Å². The zero-order chi connectivity index (χ0) is 77.4. The molecule has 600 valence electrons. The number of aliphatic hydroxyl groups excluding tert-OH is 1. The molecule has 0 rings (SSSR count). The summed E-state index contributed by atoms with van der Waals surface area (Å²) in [4.78, 5) is 73.1. The van der Waals surface area contributed by atoms with Gasteiger partial charge >= 0.3 is 39.5 Å². The van der Waals surface area contributed by atoms with E-state index in [0.29, 0.717) is 25.7 Å². The zero-order valence-electron chi connectivity index (χ0n) is 65.5. The first-order valence-corrected chi connectivity index (χ1v) is 43.0. The van der Waals surface area contributed by atoms with E-state index in [1.807, 2.05) is 0 Å². The second-order valence-corrected chi connectivity index (χ2v) is 28.8. The molecule has 5 atom stereocenters. The van der Waals surface area contributed by atoms with E-state index in [2.05, 4.69) is 210 Å². The van der Waals surface area contributed by atoms with Gasteiger partial charge in [0, 0.05) is 25.7 Å². The second-order valence-electron chi connectivity index (χ2n) is 25.9. The Hall–Kier alpha value is -5.84. The van der Waals surface area contributed by atoms with Gasteiger partial charge in [0.1, 0.15) is 19.3 Å². The molecule has 0 spiro atoms. The van der Waals surface area contributed by atoms with Gasteiger partial charge in [-0.2, -0.15) is 0 Å². The zero-order valence-corrected chi connectivity index (χ0v) is 67.3. The van der Waals surface area contributed by atoms with Crippen molar-refractivity contribution in [1.82, 2.24) is 0 Å². The van der Waals surface area contributed by atoms with Crippen LogP contribution in [0.1, 0.15) is 285 Å². The lowest BCUT2D eigenvalue weighted by Gasteiger charge is -2.21. The van der Waals surface area contributed by atoms with Crippen LogP contribution in [0.5, 0.6) is 0 Å². The van der Waals surface area contributed by atoms with E-state index in [1.54, 1.807) is 0 Å². The minimum atomic E-state index is -5.01. The largest absolute Gasteiger partial charge is 0.472 e. The van der Waals surface area contributed by atoms with Crippen LogP contribution in [0.15, 0.2) is 182 Å². The number of esters is 4. The molecule has 0 aliphatic heterocycles. The molecule has 0 bridgehead atoms. The van der Waals surface area contributed by atoms with Gasteiger partial charge in [0.25, 0.3) is 0 Å². The van der Waals surface area contributed by atoms with Crippen molar-refractivity contribution in [1.29, 1.82) is 0 Å². The average molecular weight is 1520 g/mol. The van der Waals surface area contributed by atoms with E-state index in [1.165, 1.54) is 0 Å². The van der Waals surface area contributed by atoms with Crippen molar-refractivity contribution in [2.45, 2.75) is 303 Å². The minimum Gasteiger partial charge on any atom is -0.462 e. The molecule has 0 fully saturated rings. The molecule has 0 saturated carbocycles. The first kappa shape index (κ1) is 100. The topological polar surface area (TPSA) is 237 Å². The number of aliphatic hydroxyl groups is 1. The van der Waals surface area contributed by atoms with Crippen molar-refractivity contribution in [3.05, 3.63) is 182 Å². The van der Waals surface area contributed by atoms with Crippen LogP contribution in [-0.2, 0) is 65.4 Å². The summed E-state index contributed by atoms with van der Waals surface area (Å²) in [6, 6.07) is 0. The lowest BCUT2D eigenvalue weighted by Crippen LogP contribution is -2.30. The summed E-state index contributed by atoms with van der Waals surface area (Å²) >= 11 is 0. The molecule has 5 unspecified atom stereocenters. The molecule has 19 heteroatoms. The van der Waals surface area contributed by atoms with E-state index in [4.69, 9.17) is 37.0 Å². The highest BCUT2D eigenvalue weighted by molar-refractivity contribution is 7.47. The van der Waals surface area contributed by atoms with Gasteiger partial charge in [-0.25, -0.2) is 9.13 Å². The fourth-order valence-corrected chi connectivity index (χ4v) is 11.4. The molecule has 3 N–H and O–H groups in total. The monoisotopic (exact) mass is 1520 g/mol. The Morgan fingerprint density at radius 3 is 0.764 bits per heavy atom. The van der Waals surface area contributed by atoms with Crippen molar-refractivity contribution >= 4 is 39.5 Å². The molecule has 0 heterocycles. The molecular formula is C87H140O17P2. The summed E-state index contributed by atoms with van der Waals surface area (Å²) in [5.74, 6) is -2.30. The number of rotatable bonds is 73. The number of carbonyl (C=O) groups excluding carboxylic acids is 4. The van der Waals surface area contributed by atoms with E-state index in [9.17, 15) is 43.2 Å². The third kappa shape index (κ3) is 76.4. The van der Waals surface area contributed by atoms with Crippen LogP contribution in [0, 0.1) is 0 Å². The van der Waals surface area contributed by atoms with Crippen molar-refractivity contribution in [2.24, 2.45) is 0 Å². The number of phosphoric acid groups is 2. The Morgan fingerprint density at radius 1 is 0.274 bits per heavy atom. The fourth-order valence-electron chi connectivity index (χ4n) is 9.85. The molecule has 0 aromatic carbocycles. The molecule has 0 aliphatic rings. The smallest absolute Gasteiger partial charge is 0.462 e. The molecule has 0 aromatic heterocycles. The van der Waals surface area contributed by atoms with E-state index < -0.39 is 97.5 Å². The molecule has 17 nitrogen and oxygen atoms in total. The van der Waals surface area contributed by atoms with Crippen LogP contribution in [0.4, 0.5) is 0 Å². The third-order valence-corrected chi connectivity index (χ3v) is 17.7. The summed E-state index contributed by atoms with van der Waals surface area (Å²) in [6.07, 6.45) is 93.0. The molecular weight excluding hydrogens is 1380 g/mol. The highest BCUT2D eigenvalue weighted by Gasteiger charge is 2.30. The molecule has 106 heavy (non-hydrogen) atoms. The number of hydrogen-bond donors (Lipinski definition) is 3. The first-order valence-electron chi connectivity index (χ1n) is 40.0. The SMILES string of the molecule is CC/C=C\C/C=C\C/C=C\C/C=C\C/C=C\CCCCCC(=O)OCC(COP(=O)(O)OCC(O)COP(=O)(O)OCC(COC(=O)CCCCCCC/C=C\C/C=C\C/C=C\CC)OC(=O)CCCCCCC/C=C\C/C=C\CCC)OC(=O)CCCCC/C=C\C/C=C\C/C=C\C/C=C\C/C=C\CC. The molecule has 0 radical (unpaired) electrons. The van der Waals surface area contributed by atoms with Gasteiger partial charge in [0.05, 0.1) is 26.4 Å². The van der Waals surface area contributed by atoms with Crippen molar-refractivity contribution in [3.8, 4) is 0 Å². The maximum absolute atomic E-state index is 13.1. The highest BCUT2D eigenvalue weighted by Crippen LogP contribution is 2.45. The summed E-state index contributed by atoms with van der Waals surface area (Å²) < 4.78 is 68.5. The lowest BCUT2D eigenvalue weighted by atomic mass is 10.1. The van der Waals surface area contributed by atoms with Crippen LogP contribution in [0.25, 0.3) is 0 Å². The molecule has 0 amide bonds. The number of phosphoric ester groups is 2. The summed E-state index contributed by atoms with van der Waals surface area (Å²) in [5, 5.41) is 10.6. The fraction of sp³-hybridized carbons (Fsp3) is 0.609. The van der Waals surface area contributed by atoms with Gasteiger partial charge in [-0.05, 0) is 173 Å². The van der Waals surface area contributed by atoms with Crippen LogP contribution in [0.2, 0.25) is 0 Å². The summed E-state index contributed by atoms with van der Waals surface area (Å²) in [5.41, 5.74) is 0. The standard InChI is InChI=1S/C87H140O17P2/c1-5-9-13-17-21-25-29-33-36-38-40-42-45-49-52-56-60-64-68-72-85(90)98-78-83(104-87(92)74-70-66-62-58-54-50-46-43-41-39-37-34-30-26-22-18-14-10-6-2)80-102-106(95,96)100-76-81(88)75-99-105(93,94)101-79-82(103-86(91)73-69-65-61-57-53-47-32-28-24-20-16-12-8-4)77-97-84(89)71-67-63-59-55-51-48-44-35-31-27-23-19-15-11-7-3/h9-11,13-16,20-23,25-28,32-37,40-44,49-50,52,54,81-83,88H,5-8,12,17-19,24,29-31,38-39,45-48,51,53,55-80H2,1-4H3,(H,93,94)(H,95,96)/b13-9-,14-10-,15-11-,20-16-,25-21-,26-22-,27-23-,32-28-,36-33-,37-34-,42-40-,43-41-,44-35-,52-49-,54-50-. The van der Waals surface area contributed by atoms with Gasteiger partial charge in [-0.15, -0.1) is 0 Å². The Balaban J connectivity index is 5.47. The predicted octanol–water partition coefficient (Wildman–Crippen LogP) is 23.6. The Labute approximate surface area is 641 Å². The van der Waals surface area contributed by atoms with Crippen LogP contribution in [0.3, 0.4) is 0 Å². The van der Waals surface area contributed by atoms with Gasteiger partial charge in [0.15, 0.2) is 12.2 Å². The van der Waals surface area contributed by atoms with E-state index >= 15 is 0 Å².